The van der Waals surface area contributed by atoms with Crippen molar-refractivity contribution in [3.63, 3.8) is 0 Å². The molecule has 1 aromatic carbocycles. The van der Waals surface area contributed by atoms with E-state index < -0.39 is 31.8 Å². The molecule has 2 aromatic rings. The quantitative estimate of drug-likeness (QED) is 0.334. The van der Waals surface area contributed by atoms with Gasteiger partial charge in [-0.1, -0.05) is 79.9 Å². The molecule has 2 aliphatic carbocycles. The average molecular weight is 588 g/mol. The Kier molecular flexibility index (Phi) is 7.64. The van der Waals surface area contributed by atoms with Gasteiger partial charge in [0, 0.05) is 28.6 Å². The summed E-state index contributed by atoms with van der Waals surface area (Å²) in [6, 6.07) is 5.60. The number of alkyl halides is 3. The first-order chi connectivity index (χ1) is 18.9. The molecule has 0 saturated heterocycles. The Morgan fingerprint density at radius 2 is 1.59 bits per heavy atom. The number of ether oxygens (including phenoxy) is 1. The molecule has 1 spiro atoms. The van der Waals surface area contributed by atoms with Crippen LogP contribution >= 0.6 is 0 Å². The Morgan fingerprint density at radius 3 is 2.12 bits per heavy atom. The maximum atomic E-state index is 13.5. The second-order valence-corrected chi connectivity index (χ2v) is 20.1. The number of benzene rings is 1. The van der Waals surface area contributed by atoms with Crippen LogP contribution in [0.5, 0.6) is 0 Å². The van der Waals surface area contributed by atoms with E-state index in [-0.39, 0.29) is 22.5 Å². The van der Waals surface area contributed by atoms with Crippen molar-refractivity contribution in [3.8, 4) is 0 Å². The maximum absolute atomic E-state index is 13.5. The van der Waals surface area contributed by atoms with Gasteiger partial charge >= 0.3 is 6.18 Å². The van der Waals surface area contributed by atoms with Crippen LogP contribution in [0.2, 0.25) is 18.1 Å². The summed E-state index contributed by atoms with van der Waals surface area (Å²) in [5.74, 6) is 0.151. The molecule has 1 fully saturated rings. The molecule has 7 heteroatoms. The summed E-state index contributed by atoms with van der Waals surface area (Å²) in [4.78, 5) is 5.41. The minimum absolute atomic E-state index is 0.0432. The van der Waals surface area contributed by atoms with Crippen LogP contribution in [-0.4, -0.2) is 13.3 Å². The second-order valence-electron chi connectivity index (χ2n) is 15.4. The minimum Gasteiger partial charge on any atom is -0.559 e. The molecule has 1 saturated carbocycles. The van der Waals surface area contributed by atoms with E-state index in [4.69, 9.17) is 14.1 Å². The van der Waals surface area contributed by atoms with Crippen molar-refractivity contribution in [1.82, 2.24) is 4.98 Å². The largest absolute Gasteiger partial charge is 0.559 e. The zero-order valence-corrected chi connectivity index (χ0v) is 27.4. The molecule has 1 aromatic heterocycles. The van der Waals surface area contributed by atoms with Gasteiger partial charge in [-0.3, -0.25) is 4.98 Å². The van der Waals surface area contributed by atoms with Gasteiger partial charge in [-0.25, -0.2) is 0 Å². The zero-order valence-electron chi connectivity index (χ0n) is 26.4. The highest BCUT2D eigenvalue weighted by Crippen LogP contribution is 2.60. The maximum Gasteiger partial charge on any atom is 0.416 e. The van der Waals surface area contributed by atoms with Gasteiger partial charge in [0.25, 0.3) is 0 Å². The lowest BCUT2D eigenvalue weighted by atomic mass is 9.68. The molecule has 1 aliphatic heterocycles. The minimum atomic E-state index is -4.37. The van der Waals surface area contributed by atoms with Crippen LogP contribution in [0.1, 0.15) is 144 Å². The summed E-state index contributed by atoms with van der Waals surface area (Å²) in [6.07, 6.45) is 2.07. The third-order valence-corrected chi connectivity index (χ3v) is 14.6. The van der Waals surface area contributed by atoms with Crippen molar-refractivity contribution in [2.24, 2.45) is 5.41 Å². The summed E-state index contributed by atoms with van der Waals surface area (Å²) in [5, 5.41) is 0.0605. The van der Waals surface area contributed by atoms with E-state index in [2.05, 4.69) is 61.6 Å². The van der Waals surface area contributed by atoms with Crippen molar-refractivity contribution in [2.75, 3.05) is 0 Å². The van der Waals surface area contributed by atoms with Gasteiger partial charge in [0.1, 0.15) is 6.10 Å². The predicted octanol–water partition coefficient (Wildman–Crippen LogP) is 10.5. The molecule has 3 aliphatic rings. The zero-order chi connectivity index (χ0) is 30.2. The lowest BCUT2D eigenvalue weighted by molar-refractivity contribution is -0.137. The van der Waals surface area contributed by atoms with Crippen molar-refractivity contribution in [1.29, 1.82) is 0 Å². The van der Waals surface area contributed by atoms with Gasteiger partial charge in [-0.05, 0) is 68.6 Å². The molecule has 0 radical (unpaired) electrons. The fourth-order valence-electron chi connectivity index (χ4n) is 7.04. The normalized spacial score (nSPS) is 24.0. The van der Waals surface area contributed by atoms with Crippen molar-refractivity contribution in [3.05, 3.63) is 63.5 Å². The van der Waals surface area contributed by atoms with Gasteiger partial charge < -0.3 is 9.16 Å². The summed E-state index contributed by atoms with van der Waals surface area (Å²) in [5.41, 5.74) is 5.44. The Labute approximate surface area is 245 Å². The van der Waals surface area contributed by atoms with E-state index in [9.17, 15) is 13.2 Å². The van der Waals surface area contributed by atoms with Crippen LogP contribution in [-0.2, 0) is 27.4 Å². The Balaban J connectivity index is 1.76. The van der Waals surface area contributed by atoms with Gasteiger partial charge in [0.15, 0.2) is 0 Å². The molecule has 0 amide bonds. The number of hydrogen-bond donors (Lipinski definition) is 0. The van der Waals surface area contributed by atoms with E-state index in [0.29, 0.717) is 0 Å². The van der Waals surface area contributed by atoms with E-state index >= 15 is 0 Å². The molecular formula is C34H48F3NO2Si-. The van der Waals surface area contributed by atoms with Crippen molar-refractivity contribution in [2.45, 2.75) is 141 Å². The van der Waals surface area contributed by atoms with E-state index in [1.54, 1.807) is 12.1 Å². The highest BCUT2D eigenvalue weighted by molar-refractivity contribution is 6.74. The summed E-state index contributed by atoms with van der Waals surface area (Å²) in [7, 11) is -2.13. The Morgan fingerprint density at radius 1 is 0.976 bits per heavy atom. The van der Waals surface area contributed by atoms with Gasteiger partial charge in [-0.15, -0.1) is 18.1 Å². The average Bonchev–Trinajstić information content (AvgIpc) is 3.15. The number of halogens is 3. The highest BCUT2D eigenvalue weighted by Gasteiger charge is 2.52. The molecule has 41 heavy (non-hydrogen) atoms. The molecule has 2 atom stereocenters. The monoisotopic (exact) mass is 587 g/mol. The summed E-state index contributed by atoms with van der Waals surface area (Å²) >= 11 is 0. The van der Waals surface area contributed by atoms with E-state index in [1.807, 2.05) is 0 Å². The van der Waals surface area contributed by atoms with Crippen LogP contribution in [0.4, 0.5) is 13.2 Å². The fraction of sp³-hybridized carbons (Fsp3) is 0.676. The van der Waals surface area contributed by atoms with Crippen LogP contribution in [0.15, 0.2) is 24.3 Å². The van der Waals surface area contributed by atoms with Crippen molar-refractivity contribution < 1.29 is 22.3 Å². The third-order valence-electron chi connectivity index (χ3n) is 10.1. The smallest absolute Gasteiger partial charge is 0.416 e. The lowest BCUT2D eigenvalue weighted by Gasteiger charge is -2.53. The van der Waals surface area contributed by atoms with Gasteiger partial charge in [0.05, 0.1) is 11.2 Å². The van der Waals surface area contributed by atoms with Crippen LogP contribution in [0, 0.1) is 5.41 Å². The summed E-state index contributed by atoms with van der Waals surface area (Å²) in [6.45, 7) is 20.5. The number of rotatable bonds is 4. The standard InChI is InChI=1S/C34H48F3NO2Si/c1-21(2)29-27-28(26-24(38-29)19-32(6,7)20-25(26)40-41(8,9)31(3,4)5)33(17-11-10-12-18-33)39-30(27)22-13-15-23(16-14-22)34(35,36)37/h13-16,21,25,30H,10-12,17-20H2,1-9H3/q-1/t25-,30+/m0/s1. The second kappa shape index (κ2) is 10.2. The predicted molar refractivity (Wildman–Crippen MR) is 161 cm³/mol. The Hall–Kier alpha value is -1.70. The number of pyridine rings is 1. The highest BCUT2D eigenvalue weighted by atomic mass is 28.4. The Bertz CT molecular complexity index is 1290. The number of aromatic nitrogens is 1. The van der Waals surface area contributed by atoms with E-state index in [0.717, 1.165) is 61.0 Å². The molecular weight excluding hydrogens is 539 g/mol. The first-order valence-corrected chi connectivity index (χ1v) is 18.4. The lowest BCUT2D eigenvalue weighted by Crippen LogP contribution is -2.44. The van der Waals surface area contributed by atoms with Crippen LogP contribution in [0.25, 0.3) is 0 Å². The SMILES string of the molecule is CC(C)c1nc2c(c3c1[C@@H](c1ccc(C(F)(F)F)cc1)OC31CCCCC1)[C@@H](O[Si-](C)(C)C(C)(C)C)CC(C)(C)C2. The fourth-order valence-corrected chi connectivity index (χ4v) is 8.31. The van der Waals surface area contributed by atoms with E-state index in [1.165, 1.54) is 29.7 Å². The van der Waals surface area contributed by atoms with Crippen LogP contribution < -0.4 is 0 Å². The third kappa shape index (κ3) is 5.56. The number of nitrogens with zero attached hydrogens (tertiary/aromatic N) is 1. The first kappa shape index (κ1) is 30.7. The topological polar surface area (TPSA) is 31.4 Å². The van der Waals surface area contributed by atoms with Gasteiger partial charge in [-0.2, -0.15) is 13.2 Å². The molecule has 227 valence electrons. The van der Waals surface area contributed by atoms with Crippen LogP contribution in [0.3, 0.4) is 0 Å². The molecule has 0 unspecified atom stereocenters. The van der Waals surface area contributed by atoms with Crippen molar-refractivity contribution >= 4 is 8.32 Å². The van der Waals surface area contributed by atoms with Gasteiger partial charge in [0.2, 0.25) is 0 Å². The summed E-state index contributed by atoms with van der Waals surface area (Å²) < 4.78 is 54.8. The number of fused-ring (bicyclic) bond motifs is 4. The molecule has 0 bridgehead atoms. The molecule has 2 heterocycles. The number of hydrogen-bond acceptors (Lipinski definition) is 3. The molecule has 0 N–H and O–H groups in total. The first-order valence-electron chi connectivity index (χ1n) is 15.5. The molecule has 3 nitrogen and oxygen atoms in total. The molecule has 5 rings (SSSR count).